The number of hydrogen-bond donors (Lipinski definition) is 2. The maximum atomic E-state index is 13.1. The second-order valence-electron chi connectivity index (χ2n) is 8.89. The molecular weight excluding hydrogens is 397 g/mol. The first-order valence-corrected chi connectivity index (χ1v) is 11.7. The standard InChI is InChI=1S/C23H34FN5S/c1-5-25-22(26-14-21-28-20(16-30-21)23(2,3)4)27-19-10-12-29(13-11-19)15-17-6-8-18(24)9-7-17/h6-9,16,19H,5,10-15H2,1-4H3,(H2,25,26,27). The van der Waals surface area contributed by atoms with E-state index in [2.05, 4.69) is 48.6 Å². The third-order valence-corrected chi connectivity index (χ3v) is 6.12. The van der Waals surface area contributed by atoms with Gasteiger partial charge in [-0.15, -0.1) is 11.3 Å². The van der Waals surface area contributed by atoms with Crippen LogP contribution in [-0.2, 0) is 18.5 Å². The largest absolute Gasteiger partial charge is 0.357 e. The maximum Gasteiger partial charge on any atom is 0.191 e. The minimum absolute atomic E-state index is 0.0725. The van der Waals surface area contributed by atoms with Crippen molar-refractivity contribution in [2.45, 2.75) is 65.1 Å². The van der Waals surface area contributed by atoms with E-state index in [9.17, 15) is 4.39 Å². The summed E-state index contributed by atoms with van der Waals surface area (Å²) in [6.07, 6.45) is 2.13. The third kappa shape index (κ3) is 6.77. The van der Waals surface area contributed by atoms with Crippen LogP contribution in [0, 0.1) is 5.82 Å². The molecule has 3 rings (SSSR count). The highest BCUT2D eigenvalue weighted by atomic mass is 32.1. The summed E-state index contributed by atoms with van der Waals surface area (Å²) in [7, 11) is 0. The van der Waals surface area contributed by atoms with Crippen LogP contribution in [0.25, 0.3) is 0 Å². The molecule has 1 aromatic heterocycles. The average molecular weight is 432 g/mol. The molecular formula is C23H34FN5S. The van der Waals surface area contributed by atoms with Crippen LogP contribution in [0.4, 0.5) is 4.39 Å². The maximum absolute atomic E-state index is 13.1. The second-order valence-corrected chi connectivity index (χ2v) is 9.84. The number of aromatic nitrogens is 1. The van der Waals surface area contributed by atoms with Crippen LogP contribution < -0.4 is 10.6 Å². The molecule has 0 spiro atoms. The van der Waals surface area contributed by atoms with Crippen molar-refractivity contribution < 1.29 is 4.39 Å². The number of nitrogens with zero attached hydrogens (tertiary/aromatic N) is 3. The fourth-order valence-corrected chi connectivity index (χ4v) is 4.42. The van der Waals surface area contributed by atoms with Crippen LogP contribution in [0.5, 0.6) is 0 Å². The molecule has 0 bridgehead atoms. The number of thiazole rings is 1. The fraction of sp³-hybridized carbons (Fsp3) is 0.565. The number of benzene rings is 1. The Morgan fingerprint density at radius 1 is 1.23 bits per heavy atom. The molecule has 0 unspecified atom stereocenters. The molecule has 2 heterocycles. The van der Waals surface area contributed by atoms with Crippen molar-refractivity contribution in [1.29, 1.82) is 0 Å². The van der Waals surface area contributed by atoms with E-state index < -0.39 is 0 Å². The van der Waals surface area contributed by atoms with E-state index in [1.807, 2.05) is 12.1 Å². The molecule has 1 fully saturated rings. The van der Waals surface area contributed by atoms with Crippen LogP contribution in [0.15, 0.2) is 34.6 Å². The lowest BCUT2D eigenvalue weighted by Gasteiger charge is -2.33. The van der Waals surface area contributed by atoms with Gasteiger partial charge < -0.3 is 10.6 Å². The van der Waals surface area contributed by atoms with Gasteiger partial charge in [-0.05, 0) is 37.5 Å². The summed E-state index contributed by atoms with van der Waals surface area (Å²) in [5.41, 5.74) is 2.36. The van der Waals surface area contributed by atoms with Crippen LogP contribution in [0.2, 0.25) is 0 Å². The Labute approximate surface area is 183 Å². The normalized spacial score (nSPS) is 16.6. The first-order chi connectivity index (χ1) is 14.3. The SMILES string of the molecule is CCNC(=NCc1nc(C(C)(C)C)cs1)NC1CCN(Cc2ccc(F)cc2)CC1. The van der Waals surface area contributed by atoms with Crippen LogP contribution in [0.1, 0.15) is 56.8 Å². The molecule has 2 N–H and O–H groups in total. The Kier molecular flexibility index (Phi) is 7.83. The molecule has 5 nitrogen and oxygen atoms in total. The van der Waals surface area contributed by atoms with Crippen molar-refractivity contribution >= 4 is 17.3 Å². The van der Waals surface area contributed by atoms with Crippen molar-refractivity contribution in [1.82, 2.24) is 20.5 Å². The zero-order chi connectivity index (χ0) is 21.6. The van der Waals surface area contributed by atoms with Gasteiger partial charge in [0.25, 0.3) is 0 Å². The quantitative estimate of drug-likeness (QED) is 0.529. The van der Waals surface area contributed by atoms with E-state index in [0.29, 0.717) is 12.6 Å². The van der Waals surface area contributed by atoms with Gasteiger partial charge in [-0.2, -0.15) is 0 Å². The van der Waals surface area contributed by atoms with Crippen LogP contribution >= 0.6 is 11.3 Å². The fourth-order valence-electron chi connectivity index (χ4n) is 3.47. The van der Waals surface area contributed by atoms with Crippen molar-refractivity contribution in [2.24, 2.45) is 4.99 Å². The van der Waals surface area contributed by atoms with Gasteiger partial charge in [0.05, 0.1) is 12.2 Å². The molecule has 0 amide bonds. The first-order valence-electron chi connectivity index (χ1n) is 10.8. The molecule has 1 saturated heterocycles. The Morgan fingerprint density at radius 2 is 1.93 bits per heavy atom. The average Bonchev–Trinajstić information content (AvgIpc) is 3.19. The lowest BCUT2D eigenvalue weighted by Crippen LogP contribution is -2.48. The summed E-state index contributed by atoms with van der Waals surface area (Å²) in [6, 6.07) is 7.23. The highest BCUT2D eigenvalue weighted by Gasteiger charge is 2.20. The summed E-state index contributed by atoms with van der Waals surface area (Å²) in [4.78, 5) is 11.9. The van der Waals surface area contributed by atoms with Crippen molar-refractivity contribution in [3.05, 3.63) is 51.7 Å². The monoisotopic (exact) mass is 431 g/mol. The minimum atomic E-state index is -0.177. The molecule has 0 aliphatic carbocycles. The minimum Gasteiger partial charge on any atom is -0.357 e. The predicted molar refractivity (Wildman–Crippen MR) is 123 cm³/mol. The first kappa shape index (κ1) is 22.7. The number of nitrogens with one attached hydrogen (secondary N) is 2. The van der Waals surface area contributed by atoms with E-state index >= 15 is 0 Å². The molecule has 7 heteroatoms. The predicted octanol–water partition coefficient (Wildman–Crippen LogP) is 4.30. The van der Waals surface area contributed by atoms with E-state index in [-0.39, 0.29) is 11.2 Å². The second kappa shape index (κ2) is 10.4. The molecule has 1 aromatic carbocycles. The molecule has 164 valence electrons. The Bertz CT molecular complexity index is 817. The van der Waals surface area contributed by atoms with Crippen molar-refractivity contribution in [3.8, 4) is 0 Å². The lowest BCUT2D eigenvalue weighted by molar-refractivity contribution is 0.198. The molecule has 2 aromatic rings. The van der Waals surface area contributed by atoms with E-state index in [4.69, 9.17) is 9.98 Å². The summed E-state index contributed by atoms with van der Waals surface area (Å²) < 4.78 is 13.1. The molecule has 0 saturated carbocycles. The summed E-state index contributed by atoms with van der Waals surface area (Å²) in [6.45, 7) is 13.0. The number of halogens is 1. The summed E-state index contributed by atoms with van der Waals surface area (Å²) >= 11 is 1.68. The number of aliphatic imine (C=N–C) groups is 1. The Morgan fingerprint density at radius 3 is 2.53 bits per heavy atom. The van der Waals surface area contributed by atoms with Gasteiger partial charge in [-0.3, -0.25) is 4.90 Å². The smallest absolute Gasteiger partial charge is 0.191 e. The summed E-state index contributed by atoms with van der Waals surface area (Å²) in [5.74, 6) is 0.686. The van der Waals surface area contributed by atoms with E-state index in [1.54, 1.807) is 11.3 Å². The highest BCUT2D eigenvalue weighted by Crippen LogP contribution is 2.24. The highest BCUT2D eigenvalue weighted by molar-refractivity contribution is 7.09. The van der Waals surface area contributed by atoms with Gasteiger partial charge in [0.1, 0.15) is 10.8 Å². The topological polar surface area (TPSA) is 52.6 Å². The van der Waals surface area contributed by atoms with Gasteiger partial charge >= 0.3 is 0 Å². The molecule has 1 aliphatic rings. The number of hydrogen-bond acceptors (Lipinski definition) is 4. The Hall–Kier alpha value is -1.99. The van der Waals surface area contributed by atoms with Crippen molar-refractivity contribution in [3.63, 3.8) is 0 Å². The van der Waals surface area contributed by atoms with Gasteiger partial charge in [0.2, 0.25) is 0 Å². The number of rotatable bonds is 6. The van der Waals surface area contributed by atoms with Gasteiger partial charge in [0.15, 0.2) is 5.96 Å². The lowest BCUT2D eigenvalue weighted by atomic mass is 9.93. The van der Waals surface area contributed by atoms with E-state index in [1.165, 1.54) is 12.1 Å². The zero-order valence-electron chi connectivity index (χ0n) is 18.5. The van der Waals surface area contributed by atoms with Gasteiger partial charge in [-0.1, -0.05) is 32.9 Å². The van der Waals surface area contributed by atoms with Crippen molar-refractivity contribution in [2.75, 3.05) is 19.6 Å². The van der Waals surface area contributed by atoms with Crippen LogP contribution in [0.3, 0.4) is 0 Å². The van der Waals surface area contributed by atoms with Gasteiger partial charge in [0, 0.05) is 43.0 Å². The molecule has 30 heavy (non-hydrogen) atoms. The molecule has 0 radical (unpaired) electrons. The number of guanidine groups is 1. The van der Waals surface area contributed by atoms with Gasteiger partial charge in [-0.25, -0.2) is 14.4 Å². The van der Waals surface area contributed by atoms with Crippen LogP contribution in [-0.4, -0.2) is 41.5 Å². The zero-order valence-corrected chi connectivity index (χ0v) is 19.4. The number of likely N-dealkylation sites (tertiary alicyclic amines) is 1. The summed E-state index contributed by atoms with van der Waals surface area (Å²) in [5, 5.41) is 10.1. The number of piperidine rings is 1. The molecule has 1 aliphatic heterocycles. The third-order valence-electron chi connectivity index (χ3n) is 5.28. The molecule has 0 atom stereocenters. The Balaban J connectivity index is 1.50. The van der Waals surface area contributed by atoms with E-state index in [0.717, 1.165) is 61.2 Å².